The van der Waals surface area contributed by atoms with Gasteiger partial charge in [-0.15, -0.1) is 0 Å². The van der Waals surface area contributed by atoms with E-state index in [-0.39, 0.29) is 29.7 Å². The van der Waals surface area contributed by atoms with Crippen LogP contribution in [-0.4, -0.2) is 79.7 Å². The maximum atomic E-state index is 14.7. The highest BCUT2D eigenvalue weighted by atomic mass is 32.2. The minimum atomic E-state index is -3.71. The van der Waals surface area contributed by atoms with Crippen molar-refractivity contribution in [1.29, 1.82) is 0 Å². The normalized spacial score (nSPS) is 27.5. The van der Waals surface area contributed by atoms with Crippen LogP contribution in [0.5, 0.6) is 5.75 Å². The number of benzene rings is 2. The molecule has 5 aliphatic rings. The standard InChI is InChI=1S/C35H42N4O5S/c1-4-45(42,43)36-33(40)22-10-12-27-30(14-22)38-20-35(34(41)39-23-15-24(39)19-37(2)18-23)17-29(35)28-16-25(44-3)11-13-26(28)32(38)31(27)21-8-6-5-7-9-21/h10-14,16,21,23-24,29H,4-9,15,17-20H2,1-3H3,(H,36,40). The van der Waals surface area contributed by atoms with E-state index >= 15 is 0 Å². The molecule has 2 saturated carbocycles. The quantitative estimate of drug-likeness (QED) is 0.418. The summed E-state index contributed by atoms with van der Waals surface area (Å²) in [5.41, 5.74) is 5.41. The second-order valence-electron chi connectivity index (χ2n) is 14.1. The first-order valence-corrected chi connectivity index (χ1v) is 18.2. The molecule has 238 valence electrons. The first-order valence-electron chi connectivity index (χ1n) is 16.5. The molecule has 2 saturated heterocycles. The topological polar surface area (TPSA) is 101 Å². The largest absolute Gasteiger partial charge is 0.497 e. The molecule has 10 heteroatoms. The fourth-order valence-corrected chi connectivity index (χ4v) is 9.65. The molecular weight excluding hydrogens is 588 g/mol. The minimum Gasteiger partial charge on any atom is -0.497 e. The molecule has 1 aromatic heterocycles. The molecule has 2 aromatic carbocycles. The number of piperidine rings is 1. The number of fused-ring (bicyclic) bond motifs is 9. The van der Waals surface area contributed by atoms with E-state index in [1.165, 1.54) is 37.3 Å². The Morgan fingerprint density at radius 3 is 2.51 bits per heavy atom. The third kappa shape index (κ3) is 4.46. The monoisotopic (exact) mass is 630 g/mol. The van der Waals surface area contributed by atoms with Crippen molar-refractivity contribution < 1.29 is 22.7 Å². The number of carbonyl (C=O) groups is 2. The van der Waals surface area contributed by atoms with Gasteiger partial charge in [0.2, 0.25) is 15.9 Å². The van der Waals surface area contributed by atoms with Crippen molar-refractivity contribution in [1.82, 2.24) is 19.1 Å². The lowest BCUT2D eigenvalue weighted by atomic mass is 9.81. The molecule has 45 heavy (non-hydrogen) atoms. The Hall–Kier alpha value is -3.37. The number of likely N-dealkylation sites (tertiary alicyclic amines) is 2. The van der Waals surface area contributed by atoms with Crippen molar-refractivity contribution in [2.45, 2.75) is 82.3 Å². The first kappa shape index (κ1) is 29.1. The van der Waals surface area contributed by atoms with Crippen LogP contribution in [0.4, 0.5) is 0 Å². The molecule has 3 aromatic rings. The van der Waals surface area contributed by atoms with Gasteiger partial charge in [0.1, 0.15) is 5.75 Å². The summed E-state index contributed by atoms with van der Waals surface area (Å²) >= 11 is 0. The van der Waals surface area contributed by atoms with Crippen molar-refractivity contribution >= 4 is 32.7 Å². The molecule has 8 rings (SSSR count). The van der Waals surface area contributed by atoms with Gasteiger partial charge in [0.05, 0.1) is 24.0 Å². The van der Waals surface area contributed by atoms with E-state index in [4.69, 9.17) is 4.74 Å². The van der Waals surface area contributed by atoms with Crippen LogP contribution >= 0.6 is 0 Å². The third-order valence-electron chi connectivity index (χ3n) is 11.4. The Morgan fingerprint density at radius 2 is 1.80 bits per heavy atom. The lowest BCUT2D eigenvalue weighted by Crippen LogP contribution is -2.70. The van der Waals surface area contributed by atoms with Gasteiger partial charge in [-0.2, -0.15) is 0 Å². The summed E-state index contributed by atoms with van der Waals surface area (Å²) in [4.78, 5) is 32.5. The second-order valence-corrected chi connectivity index (χ2v) is 16.1. The van der Waals surface area contributed by atoms with E-state index in [9.17, 15) is 18.0 Å². The van der Waals surface area contributed by atoms with Gasteiger partial charge in [-0.05, 0) is 87.0 Å². The van der Waals surface area contributed by atoms with Crippen molar-refractivity contribution in [2.24, 2.45) is 5.41 Å². The van der Waals surface area contributed by atoms with Gasteiger partial charge in [0, 0.05) is 59.7 Å². The van der Waals surface area contributed by atoms with Crippen molar-refractivity contribution in [2.75, 3.05) is 33.0 Å². The zero-order chi connectivity index (χ0) is 31.2. The summed E-state index contributed by atoms with van der Waals surface area (Å²) in [7, 11) is 0.114. The van der Waals surface area contributed by atoms with Crippen molar-refractivity contribution in [3.8, 4) is 17.0 Å². The number of nitrogens with one attached hydrogen (secondary N) is 1. The fraction of sp³-hybridized carbons (Fsp3) is 0.543. The minimum absolute atomic E-state index is 0.0875. The number of aromatic nitrogens is 1. The Labute approximate surface area is 264 Å². The average molecular weight is 631 g/mol. The zero-order valence-corrected chi connectivity index (χ0v) is 27.2. The van der Waals surface area contributed by atoms with Gasteiger partial charge in [0.25, 0.3) is 5.91 Å². The molecule has 9 nitrogen and oxygen atoms in total. The maximum absolute atomic E-state index is 14.7. The first-order chi connectivity index (χ1) is 21.6. The molecule has 2 aliphatic carbocycles. The average Bonchev–Trinajstić information content (AvgIpc) is 3.71. The number of carbonyl (C=O) groups excluding carboxylic acids is 2. The Morgan fingerprint density at radius 1 is 1.04 bits per heavy atom. The van der Waals surface area contributed by atoms with Crippen LogP contribution in [0.25, 0.3) is 22.2 Å². The Kier molecular flexibility index (Phi) is 6.66. The van der Waals surface area contributed by atoms with Gasteiger partial charge in [-0.25, -0.2) is 13.1 Å². The highest BCUT2D eigenvalue weighted by Crippen LogP contribution is 2.67. The van der Waals surface area contributed by atoms with Crippen LogP contribution in [0, 0.1) is 5.41 Å². The van der Waals surface area contributed by atoms with E-state index < -0.39 is 21.3 Å². The molecule has 4 unspecified atom stereocenters. The number of rotatable bonds is 6. The van der Waals surface area contributed by atoms with Crippen molar-refractivity contribution in [3.05, 3.63) is 53.1 Å². The highest BCUT2D eigenvalue weighted by Gasteiger charge is 2.66. The zero-order valence-electron chi connectivity index (χ0n) is 26.3. The Bertz CT molecular complexity index is 1830. The van der Waals surface area contributed by atoms with Crippen LogP contribution < -0.4 is 9.46 Å². The fourth-order valence-electron chi connectivity index (χ4n) is 9.10. The van der Waals surface area contributed by atoms with Gasteiger partial charge >= 0.3 is 0 Å². The SMILES string of the molecule is CCS(=O)(=O)NC(=O)c1ccc2c(C3CCCCC3)c3n(c2c1)CC1(C(=O)N2C4CC2CN(C)C4)CC1c1cc(OC)ccc1-3. The number of piperazine rings is 1. The summed E-state index contributed by atoms with van der Waals surface area (Å²) < 4.78 is 34.9. The number of nitrogens with zero attached hydrogens (tertiary/aromatic N) is 3. The van der Waals surface area contributed by atoms with E-state index in [2.05, 4.69) is 38.3 Å². The number of sulfonamides is 1. The number of ether oxygens (including phenoxy) is 1. The molecule has 4 atom stereocenters. The summed E-state index contributed by atoms with van der Waals surface area (Å²) in [5, 5.41) is 1.10. The van der Waals surface area contributed by atoms with Gasteiger partial charge < -0.3 is 19.1 Å². The van der Waals surface area contributed by atoms with E-state index in [0.717, 1.165) is 66.7 Å². The molecule has 4 heterocycles. The summed E-state index contributed by atoms with van der Waals surface area (Å²) in [6.07, 6.45) is 7.66. The molecule has 2 amide bonds. The highest BCUT2D eigenvalue weighted by molar-refractivity contribution is 7.90. The van der Waals surface area contributed by atoms with Crippen molar-refractivity contribution in [3.63, 3.8) is 0 Å². The summed E-state index contributed by atoms with van der Waals surface area (Å²) in [6, 6.07) is 12.5. The molecular formula is C35H42N4O5S. The smallest absolute Gasteiger partial charge is 0.264 e. The maximum Gasteiger partial charge on any atom is 0.264 e. The summed E-state index contributed by atoms with van der Waals surface area (Å²) in [6.45, 7) is 3.88. The lowest BCUT2D eigenvalue weighted by Gasteiger charge is -2.56. The predicted octanol–water partition coefficient (Wildman–Crippen LogP) is 4.85. The lowest BCUT2D eigenvalue weighted by molar-refractivity contribution is -0.159. The number of hydrogen-bond donors (Lipinski definition) is 1. The van der Waals surface area contributed by atoms with E-state index in [1.54, 1.807) is 13.2 Å². The molecule has 0 radical (unpaired) electrons. The van der Waals surface area contributed by atoms with Crippen LogP contribution in [0.2, 0.25) is 0 Å². The van der Waals surface area contributed by atoms with Crippen LogP contribution in [0.15, 0.2) is 36.4 Å². The van der Waals surface area contributed by atoms with Crippen LogP contribution in [-0.2, 0) is 21.4 Å². The number of hydrogen-bond acceptors (Lipinski definition) is 6. The van der Waals surface area contributed by atoms with Gasteiger partial charge in [-0.3, -0.25) is 9.59 Å². The number of amides is 2. The molecule has 3 aliphatic heterocycles. The van der Waals surface area contributed by atoms with E-state index in [0.29, 0.717) is 18.0 Å². The van der Waals surface area contributed by atoms with Crippen LogP contribution in [0.1, 0.15) is 85.2 Å². The number of likely N-dealkylation sites (N-methyl/N-ethyl adjacent to an activating group) is 1. The molecule has 0 spiro atoms. The van der Waals surface area contributed by atoms with Crippen LogP contribution in [0.3, 0.4) is 0 Å². The Balaban J connectivity index is 1.33. The second kappa shape index (κ2) is 10.3. The van der Waals surface area contributed by atoms with E-state index in [1.807, 2.05) is 18.2 Å². The molecule has 2 bridgehead atoms. The number of methoxy groups -OCH3 is 1. The molecule has 1 N–H and O–H groups in total. The predicted molar refractivity (Wildman–Crippen MR) is 173 cm³/mol. The molecule has 4 fully saturated rings. The van der Waals surface area contributed by atoms with Gasteiger partial charge in [0.15, 0.2) is 0 Å². The van der Waals surface area contributed by atoms with Gasteiger partial charge in [-0.1, -0.05) is 25.3 Å². The third-order valence-corrected chi connectivity index (χ3v) is 12.7. The summed E-state index contributed by atoms with van der Waals surface area (Å²) in [5.74, 6) is 0.716.